The third kappa shape index (κ3) is 3.58. The fourth-order valence-corrected chi connectivity index (χ4v) is 3.38. The number of esters is 1. The van der Waals surface area contributed by atoms with Crippen LogP contribution in [0.15, 0.2) is 67.0 Å². The molecule has 2 aromatic heterocycles. The maximum absolute atomic E-state index is 11.6. The van der Waals surface area contributed by atoms with E-state index in [4.69, 9.17) is 4.74 Å². The molecule has 0 bridgehead atoms. The standard InChI is InChI=1S/C21H20N4O2/c1-27-21(26)15-7-5-14(6-8-15)19-12-16(9-11-23-19)17-13-24-25-20(17)18-4-2-3-10-22-18/h2-12,17,20,24-25H,13H2,1H3. The van der Waals surface area contributed by atoms with Gasteiger partial charge in [0.2, 0.25) is 0 Å². The Morgan fingerprint density at radius 3 is 2.67 bits per heavy atom. The number of carbonyl (C=O) groups excluding carboxylic acids is 1. The summed E-state index contributed by atoms with van der Waals surface area (Å²) in [6.07, 6.45) is 3.64. The van der Waals surface area contributed by atoms with Gasteiger partial charge in [0.05, 0.1) is 30.1 Å². The number of methoxy groups -OCH3 is 1. The maximum Gasteiger partial charge on any atom is 0.337 e. The van der Waals surface area contributed by atoms with Crippen LogP contribution in [0.2, 0.25) is 0 Å². The molecule has 0 amide bonds. The summed E-state index contributed by atoms with van der Waals surface area (Å²) >= 11 is 0. The predicted molar refractivity (Wildman–Crippen MR) is 102 cm³/mol. The van der Waals surface area contributed by atoms with Gasteiger partial charge in [0.1, 0.15) is 0 Å². The highest BCUT2D eigenvalue weighted by Crippen LogP contribution is 2.33. The van der Waals surface area contributed by atoms with Gasteiger partial charge < -0.3 is 4.74 Å². The van der Waals surface area contributed by atoms with Gasteiger partial charge in [-0.1, -0.05) is 18.2 Å². The number of hydrogen-bond acceptors (Lipinski definition) is 6. The molecule has 3 heterocycles. The van der Waals surface area contributed by atoms with Crippen LogP contribution < -0.4 is 10.9 Å². The molecule has 4 rings (SSSR count). The van der Waals surface area contributed by atoms with Gasteiger partial charge in [0.15, 0.2) is 0 Å². The maximum atomic E-state index is 11.6. The van der Waals surface area contributed by atoms with Gasteiger partial charge >= 0.3 is 5.97 Å². The van der Waals surface area contributed by atoms with Gasteiger partial charge in [0, 0.05) is 30.4 Å². The molecule has 136 valence electrons. The van der Waals surface area contributed by atoms with Crippen molar-refractivity contribution < 1.29 is 9.53 Å². The van der Waals surface area contributed by atoms with Crippen LogP contribution in [0.4, 0.5) is 0 Å². The second-order valence-electron chi connectivity index (χ2n) is 6.41. The lowest BCUT2D eigenvalue weighted by Gasteiger charge is -2.18. The van der Waals surface area contributed by atoms with E-state index in [-0.39, 0.29) is 17.9 Å². The van der Waals surface area contributed by atoms with Crippen molar-refractivity contribution in [3.8, 4) is 11.3 Å². The molecular formula is C21H20N4O2. The Bertz CT molecular complexity index is 928. The number of aromatic nitrogens is 2. The summed E-state index contributed by atoms with van der Waals surface area (Å²) in [7, 11) is 1.38. The van der Waals surface area contributed by atoms with Crippen molar-refractivity contribution in [1.29, 1.82) is 0 Å². The summed E-state index contributed by atoms with van der Waals surface area (Å²) in [5.41, 5.74) is 11.1. The number of pyridine rings is 2. The van der Waals surface area contributed by atoms with E-state index in [1.807, 2.05) is 48.8 Å². The molecule has 0 saturated carbocycles. The van der Waals surface area contributed by atoms with Crippen LogP contribution in [0, 0.1) is 0 Å². The normalized spacial score (nSPS) is 19.0. The Morgan fingerprint density at radius 1 is 1.07 bits per heavy atom. The zero-order valence-electron chi connectivity index (χ0n) is 14.9. The summed E-state index contributed by atoms with van der Waals surface area (Å²) in [6.45, 7) is 0.811. The molecule has 1 aromatic carbocycles. The zero-order chi connectivity index (χ0) is 18.6. The summed E-state index contributed by atoms with van der Waals surface area (Å²) < 4.78 is 4.75. The minimum atomic E-state index is -0.343. The molecule has 1 fully saturated rings. The first-order valence-corrected chi connectivity index (χ1v) is 8.80. The van der Waals surface area contributed by atoms with E-state index in [9.17, 15) is 4.79 Å². The van der Waals surface area contributed by atoms with Crippen molar-refractivity contribution >= 4 is 5.97 Å². The summed E-state index contributed by atoms with van der Waals surface area (Å²) in [6, 6.07) is 17.5. The third-order valence-electron chi connectivity index (χ3n) is 4.80. The molecule has 6 nitrogen and oxygen atoms in total. The average molecular weight is 360 g/mol. The molecule has 1 aliphatic heterocycles. The smallest absolute Gasteiger partial charge is 0.337 e. The molecule has 2 unspecified atom stereocenters. The number of ether oxygens (including phenoxy) is 1. The number of hydrazine groups is 1. The molecule has 27 heavy (non-hydrogen) atoms. The van der Waals surface area contributed by atoms with E-state index in [0.717, 1.165) is 23.5 Å². The van der Waals surface area contributed by atoms with E-state index < -0.39 is 0 Å². The second kappa shape index (κ2) is 7.65. The van der Waals surface area contributed by atoms with Crippen LogP contribution in [0.5, 0.6) is 0 Å². The van der Waals surface area contributed by atoms with Gasteiger partial charge in [-0.15, -0.1) is 0 Å². The van der Waals surface area contributed by atoms with Crippen molar-refractivity contribution in [2.45, 2.75) is 12.0 Å². The first-order chi connectivity index (χ1) is 13.3. The molecule has 0 radical (unpaired) electrons. The summed E-state index contributed by atoms with van der Waals surface area (Å²) in [4.78, 5) is 20.6. The van der Waals surface area contributed by atoms with E-state index in [1.54, 1.807) is 12.1 Å². The summed E-state index contributed by atoms with van der Waals surface area (Å²) in [5.74, 6) is -0.0967. The SMILES string of the molecule is COC(=O)c1ccc(-c2cc(C3CNNC3c3ccccn3)ccn2)cc1. The lowest BCUT2D eigenvalue weighted by atomic mass is 9.90. The fourth-order valence-electron chi connectivity index (χ4n) is 3.38. The first kappa shape index (κ1) is 17.3. The fraction of sp³-hybridized carbons (Fsp3) is 0.190. The second-order valence-corrected chi connectivity index (χ2v) is 6.41. The largest absolute Gasteiger partial charge is 0.465 e. The van der Waals surface area contributed by atoms with Gasteiger partial charge in [-0.2, -0.15) is 0 Å². The van der Waals surface area contributed by atoms with E-state index in [1.165, 1.54) is 12.7 Å². The molecule has 1 saturated heterocycles. The van der Waals surface area contributed by atoms with Crippen LogP contribution in [0.25, 0.3) is 11.3 Å². The summed E-state index contributed by atoms with van der Waals surface area (Å²) in [5, 5.41) is 0. The van der Waals surface area contributed by atoms with Crippen molar-refractivity contribution in [2.24, 2.45) is 0 Å². The number of nitrogens with zero attached hydrogens (tertiary/aromatic N) is 2. The van der Waals surface area contributed by atoms with Crippen LogP contribution in [0.1, 0.15) is 33.6 Å². The Hall–Kier alpha value is -3.09. The lowest BCUT2D eigenvalue weighted by molar-refractivity contribution is 0.0601. The van der Waals surface area contributed by atoms with Gasteiger partial charge in [-0.25, -0.2) is 10.2 Å². The van der Waals surface area contributed by atoms with Crippen molar-refractivity contribution in [2.75, 3.05) is 13.7 Å². The quantitative estimate of drug-likeness (QED) is 0.697. The third-order valence-corrected chi connectivity index (χ3v) is 4.80. The minimum Gasteiger partial charge on any atom is -0.465 e. The zero-order valence-corrected chi connectivity index (χ0v) is 14.9. The van der Waals surface area contributed by atoms with E-state index in [0.29, 0.717) is 5.56 Å². The number of rotatable bonds is 4. The van der Waals surface area contributed by atoms with Gasteiger partial charge in [-0.05, 0) is 42.0 Å². The number of benzene rings is 1. The topological polar surface area (TPSA) is 76.1 Å². The Balaban J connectivity index is 1.61. The Kier molecular flexibility index (Phi) is 4.91. The van der Waals surface area contributed by atoms with Gasteiger partial charge in [0.25, 0.3) is 0 Å². The van der Waals surface area contributed by atoms with E-state index >= 15 is 0 Å². The molecule has 6 heteroatoms. The average Bonchev–Trinajstić information content (AvgIpc) is 3.24. The lowest BCUT2D eigenvalue weighted by Crippen LogP contribution is -2.25. The first-order valence-electron chi connectivity index (χ1n) is 8.80. The van der Waals surface area contributed by atoms with Crippen LogP contribution in [-0.2, 0) is 4.74 Å². The molecule has 3 aromatic rings. The molecule has 2 atom stereocenters. The van der Waals surface area contributed by atoms with Crippen molar-refractivity contribution in [1.82, 2.24) is 20.8 Å². The molecule has 0 spiro atoms. The molecule has 0 aliphatic carbocycles. The van der Waals surface area contributed by atoms with Crippen LogP contribution in [0.3, 0.4) is 0 Å². The molecular weight excluding hydrogens is 340 g/mol. The van der Waals surface area contributed by atoms with Crippen molar-refractivity contribution in [3.05, 3.63) is 83.8 Å². The minimum absolute atomic E-state index is 0.100. The highest BCUT2D eigenvalue weighted by atomic mass is 16.5. The van der Waals surface area contributed by atoms with Crippen LogP contribution >= 0.6 is 0 Å². The molecule has 1 aliphatic rings. The number of carbonyl (C=O) groups is 1. The van der Waals surface area contributed by atoms with Crippen LogP contribution in [-0.4, -0.2) is 29.6 Å². The monoisotopic (exact) mass is 360 g/mol. The highest BCUT2D eigenvalue weighted by molar-refractivity contribution is 5.89. The predicted octanol–water partition coefficient (Wildman–Crippen LogP) is 2.86. The number of hydrogen-bond donors (Lipinski definition) is 2. The van der Waals surface area contributed by atoms with Crippen molar-refractivity contribution in [3.63, 3.8) is 0 Å². The molecule has 2 N–H and O–H groups in total. The van der Waals surface area contributed by atoms with E-state index in [2.05, 4.69) is 26.9 Å². The van der Waals surface area contributed by atoms with Gasteiger partial charge in [-0.3, -0.25) is 15.4 Å². The number of nitrogens with one attached hydrogen (secondary N) is 2. The highest BCUT2D eigenvalue weighted by Gasteiger charge is 2.30. The Morgan fingerprint density at radius 2 is 1.93 bits per heavy atom. The Labute approximate surface area is 157 Å².